The van der Waals surface area contributed by atoms with Crippen molar-refractivity contribution in [2.45, 2.75) is 6.10 Å². The highest BCUT2D eigenvalue weighted by Crippen LogP contribution is 2.41. The summed E-state index contributed by atoms with van der Waals surface area (Å²) in [7, 11) is 7.95. The molecule has 1 aliphatic rings. The normalized spacial score (nSPS) is 17.7. The number of rotatable bonds is 5. The fourth-order valence-electron chi connectivity index (χ4n) is 2.66. The first kappa shape index (κ1) is 17.9. The molecule has 0 amide bonds. The molecule has 7 heteroatoms. The van der Waals surface area contributed by atoms with Gasteiger partial charge in [0.15, 0.2) is 0 Å². The molecule has 1 aliphatic heterocycles. The molecule has 0 unspecified atom stereocenters. The van der Waals surface area contributed by atoms with Gasteiger partial charge in [-0.15, -0.1) is 0 Å². The van der Waals surface area contributed by atoms with Crippen LogP contribution in [0.1, 0.15) is 5.56 Å². The number of benzene rings is 1. The SMILES string of the molecule is COC(=O)O[C@@H]1CN(C)CC=C1c1c(OC)cc(OC)cc1OC. The number of ether oxygens (including phenoxy) is 5. The third-order valence-electron chi connectivity index (χ3n) is 3.86. The van der Waals surface area contributed by atoms with Gasteiger partial charge in [-0.25, -0.2) is 4.79 Å². The summed E-state index contributed by atoms with van der Waals surface area (Å²) in [4.78, 5) is 13.6. The van der Waals surface area contributed by atoms with Crippen molar-refractivity contribution in [2.24, 2.45) is 0 Å². The molecule has 0 aromatic heterocycles. The summed E-state index contributed by atoms with van der Waals surface area (Å²) in [5.41, 5.74) is 1.55. The highest BCUT2D eigenvalue weighted by atomic mass is 16.7. The van der Waals surface area contributed by atoms with E-state index in [9.17, 15) is 4.79 Å². The van der Waals surface area contributed by atoms with Crippen molar-refractivity contribution >= 4 is 11.7 Å². The topological polar surface area (TPSA) is 66.5 Å². The average molecular weight is 337 g/mol. The predicted octanol–water partition coefficient (Wildman–Crippen LogP) is 2.19. The van der Waals surface area contributed by atoms with Crippen molar-refractivity contribution in [3.63, 3.8) is 0 Å². The van der Waals surface area contributed by atoms with E-state index < -0.39 is 12.3 Å². The van der Waals surface area contributed by atoms with E-state index in [0.717, 1.165) is 11.1 Å². The highest BCUT2D eigenvalue weighted by molar-refractivity contribution is 5.81. The minimum absolute atomic E-state index is 0.493. The quantitative estimate of drug-likeness (QED) is 0.763. The van der Waals surface area contributed by atoms with Crippen LogP contribution in [-0.2, 0) is 9.47 Å². The molecule has 1 aromatic carbocycles. The Morgan fingerprint density at radius 1 is 1.08 bits per heavy atom. The molecule has 0 saturated carbocycles. The van der Waals surface area contributed by atoms with E-state index in [1.54, 1.807) is 33.5 Å². The van der Waals surface area contributed by atoms with Crippen LogP contribution in [0, 0.1) is 0 Å². The minimum atomic E-state index is -0.729. The van der Waals surface area contributed by atoms with Gasteiger partial charge in [0, 0.05) is 30.8 Å². The van der Waals surface area contributed by atoms with Crippen LogP contribution in [0.15, 0.2) is 18.2 Å². The number of likely N-dealkylation sites (N-methyl/N-ethyl adjacent to an activating group) is 1. The summed E-state index contributed by atoms with van der Waals surface area (Å²) in [5.74, 6) is 1.78. The van der Waals surface area contributed by atoms with Gasteiger partial charge in [-0.2, -0.15) is 0 Å². The fourth-order valence-corrected chi connectivity index (χ4v) is 2.66. The van der Waals surface area contributed by atoms with E-state index in [1.807, 2.05) is 18.0 Å². The largest absolute Gasteiger partial charge is 0.508 e. The molecule has 1 aromatic rings. The second-order valence-corrected chi connectivity index (χ2v) is 5.35. The van der Waals surface area contributed by atoms with Gasteiger partial charge in [0.25, 0.3) is 0 Å². The summed E-state index contributed by atoms with van der Waals surface area (Å²) in [5, 5.41) is 0. The molecular weight excluding hydrogens is 314 g/mol. The Morgan fingerprint density at radius 2 is 1.71 bits per heavy atom. The van der Waals surface area contributed by atoms with Crippen molar-refractivity contribution in [1.82, 2.24) is 4.90 Å². The zero-order valence-electron chi connectivity index (χ0n) is 14.6. The zero-order chi connectivity index (χ0) is 17.7. The second-order valence-electron chi connectivity index (χ2n) is 5.35. The van der Waals surface area contributed by atoms with Gasteiger partial charge in [0.05, 0.1) is 34.0 Å². The zero-order valence-corrected chi connectivity index (χ0v) is 14.6. The summed E-state index contributed by atoms with van der Waals surface area (Å²) >= 11 is 0. The first-order valence-corrected chi connectivity index (χ1v) is 7.47. The molecule has 0 radical (unpaired) electrons. The Labute approximate surface area is 141 Å². The van der Waals surface area contributed by atoms with Crippen molar-refractivity contribution in [3.8, 4) is 17.2 Å². The van der Waals surface area contributed by atoms with Gasteiger partial charge in [-0.05, 0) is 7.05 Å². The molecule has 132 valence electrons. The standard InChI is InChI=1S/C17H23NO6/c1-18-7-6-12(15(10-18)24-17(19)23-5)16-13(21-3)8-11(20-2)9-14(16)22-4/h6,8-9,15H,7,10H2,1-5H3/t15-/m1/s1. The molecule has 0 aliphatic carbocycles. The highest BCUT2D eigenvalue weighted by Gasteiger charge is 2.30. The van der Waals surface area contributed by atoms with E-state index in [2.05, 4.69) is 4.74 Å². The lowest BCUT2D eigenvalue weighted by molar-refractivity contribution is 0.0440. The van der Waals surface area contributed by atoms with Crippen LogP contribution in [0.25, 0.3) is 5.57 Å². The molecule has 0 fully saturated rings. The van der Waals surface area contributed by atoms with E-state index in [-0.39, 0.29) is 0 Å². The number of hydrogen-bond donors (Lipinski definition) is 0. The van der Waals surface area contributed by atoms with Crippen LogP contribution in [0.3, 0.4) is 0 Å². The lowest BCUT2D eigenvalue weighted by atomic mass is 9.95. The maximum atomic E-state index is 11.6. The van der Waals surface area contributed by atoms with Gasteiger partial charge in [-0.3, -0.25) is 4.90 Å². The smallest absolute Gasteiger partial charge is 0.496 e. The van der Waals surface area contributed by atoms with Crippen LogP contribution in [-0.4, -0.2) is 65.7 Å². The summed E-state index contributed by atoms with van der Waals surface area (Å²) in [6, 6.07) is 3.54. The van der Waals surface area contributed by atoms with Gasteiger partial charge in [0.1, 0.15) is 23.4 Å². The maximum absolute atomic E-state index is 11.6. The van der Waals surface area contributed by atoms with Crippen LogP contribution in [0.2, 0.25) is 0 Å². The molecule has 0 spiro atoms. The summed E-state index contributed by atoms with van der Waals surface area (Å²) in [6.45, 7) is 1.26. The summed E-state index contributed by atoms with van der Waals surface area (Å²) in [6.07, 6.45) is 0.768. The van der Waals surface area contributed by atoms with E-state index >= 15 is 0 Å². The van der Waals surface area contributed by atoms with E-state index in [4.69, 9.17) is 18.9 Å². The van der Waals surface area contributed by atoms with Crippen LogP contribution >= 0.6 is 0 Å². The van der Waals surface area contributed by atoms with E-state index in [0.29, 0.717) is 30.3 Å². The molecule has 0 N–H and O–H groups in total. The second kappa shape index (κ2) is 7.92. The molecule has 24 heavy (non-hydrogen) atoms. The molecule has 0 saturated heterocycles. The Bertz CT molecular complexity index is 603. The predicted molar refractivity (Wildman–Crippen MR) is 88.9 cm³/mol. The van der Waals surface area contributed by atoms with Crippen molar-refractivity contribution in [2.75, 3.05) is 48.6 Å². The Morgan fingerprint density at radius 3 is 2.21 bits per heavy atom. The monoisotopic (exact) mass is 337 g/mol. The Hall–Kier alpha value is -2.41. The Balaban J connectivity index is 2.52. The number of nitrogens with zero attached hydrogens (tertiary/aromatic N) is 1. The third kappa shape index (κ3) is 3.73. The van der Waals surface area contributed by atoms with Crippen molar-refractivity contribution < 1.29 is 28.5 Å². The molecule has 1 heterocycles. The third-order valence-corrected chi connectivity index (χ3v) is 3.86. The van der Waals surface area contributed by atoms with Gasteiger partial charge in [-0.1, -0.05) is 6.08 Å². The Kier molecular flexibility index (Phi) is 5.92. The lowest BCUT2D eigenvalue weighted by Gasteiger charge is -2.31. The van der Waals surface area contributed by atoms with Crippen LogP contribution < -0.4 is 14.2 Å². The van der Waals surface area contributed by atoms with Crippen molar-refractivity contribution in [1.29, 1.82) is 0 Å². The van der Waals surface area contributed by atoms with E-state index in [1.165, 1.54) is 7.11 Å². The first-order valence-electron chi connectivity index (χ1n) is 7.47. The molecule has 0 bridgehead atoms. The first-order chi connectivity index (χ1) is 11.5. The number of carbonyl (C=O) groups is 1. The average Bonchev–Trinajstić information content (AvgIpc) is 2.60. The maximum Gasteiger partial charge on any atom is 0.508 e. The molecule has 7 nitrogen and oxygen atoms in total. The number of carbonyl (C=O) groups excluding carboxylic acids is 1. The lowest BCUT2D eigenvalue weighted by Crippen LogP contribution is -2.37. The molecular formula is C17H23NO6. The van der Waals surface area contributed by atoms with Gasteiger partial charge >= 0.3 is 6.16 Å². The number of hydrogen-bond acceptors (Lipinski definition) is 7. The molecule has 2 rings (SSSR count). The minimum Gasteiger partial charge on any atom is -0.496 e. The van der Waals surface area contributed by atoms with Gasteiger partial charge < -0.3 is 23.7 Å². The summed E-state index contributed by atoms with van der Waals surface area (Å²) < 4.78 is 26.3. The fraction of sp³-hybridized carbons (Fsp3) is 0.471. The van der Waals surface area contributed by atoms with Crippen LogP contribution in [0.4, 0.5) is 4.79 Å². The van der Waals surface area contributed by atoms with Gasteiger partial charge in [0.2, 0.25) is 0 Å². The van der Waals surface area contributed by atoms with Crippen LogP contribution in [0.5, 0.6) is 17.2 Å². The van der Waals surface area contributed by atoms with Crippen molar-refractivity contribution in [3.05, 3.63) is 23.8 Å². The molecule has 1 atom stereocenters. The number of methoxy groups -OCH3 is 4.